The zero-order valence-electron chi connectivity index (χ0n) is 6.14. The van der Waals surface area contributed by atoms with Crippen LogP contribution in [-0.2, 0) is 4.65 Å². The second-order valence-electron chi connectivity index (χ2n) is 1.91. The molecule has 60 valence electrons. The van der Waals surface area contributed by atoms with Crippen molar-refractivity contribution < 1.29 is 4.65 Å². The molecule has 0 heterocycles. The van der Waals surface area contributed by atoms with Crippen molar-refractivity contribution >= 4 is 38.1 Å². The molecule has 0 aromatic heterocycles. The Morgan fingerprint density at radius 1 is 1.50 bits per heavy atom. The monoisotopic (exact) mass is 198 g/mol. The van der Waals surface area contributed by atoms with E-state index < -0.39 is 0 Å². The van der Waals surface area contributed by atoms with E-state index in [1.54, 1.807) is 0 Å². The van der Waals surface area contributed by atoms with Gasteiger partial charge in [0.05, 0.1) is 0 Å². The van der Waals surface area contributed by atoms with Crippen molar-refractivity contribution in [1.82, 2.24) is 0 Å². The van der Waals surface area contributed by atoms with Crippen LogP contribution in [0.4, 0.5) is 0 Å². The first kappa shape index (κ1) is 11.0. The van der Waals surface area contributed by atoms with E-state index in [9.17, 15) is 0 Å². The van der Waals surface area contributed by atoms with Crippen LogP contribution in [0.1, 0.15) is 26.2 Å². The lowest BCUT2D eigenvalue weighted by molar-refractivity contribution is 0.332. The Morgan fingerprint density at radius 3 is 2.90 bits per heavy atom. The molecule has 1 nitrogen and oxygen atoms in total. The molecule has 0 aromatic carbocycles. The molecule has 0 atom stereocenters. The zero-order valence-corrected chi connectivity index (χ0v) is 8.53. The van der Waals surface area contributed by atoms with E-state index in [2.05, 4.69) is 6.92 Å². The van der Waals surface area contributed by atoms with E-state index in [4.69, 9.17) is 15.3 Å². The highest BCUT2D eigenvalue weighted by Crippen LogP contribution is 2.23. The van der Waals surface area contributed by atoms with E-state index in [1.165, 1.54) is 39.9 Å². The summed E-state index contributed by atoms with van der Waals surface area (Å²) in [4.78, 5) is 0. The average Bonchev–Trinajstić information content (AvgIpc) is 1.97. The van der Waals surface area contributed by atoms with Crippen molar-refractivity contribution in [1.29, 1.82) is 0 Å². The predicted molar refractivity (Wildman–Crippen MR) is 53.7 cm³/mol. The number of rotatable bonds is 7. The molecule has 10 heavy (non-hydrogen) atoms. The average molecular weight is 199 g/mol. The van der Waals surface area contributed by atoms with Gasteiger partial charge in [-0.25, -0.2) is 0 Å². The minimum atomic E-state index is 0.706. The van der Waals surface area contributed by atoms with Gasteiger partial charge in [-0.3, -0.25) is 0 Å². The summed E-state index contributed by atoms with van der Waals surface area (Å²) in [6.45, 7) is 3.76. The van der Waals surface area contributed by atoms with Crippen LogP contribution in [0.25, 0.3) is 0 Å². The van der Waals surface area contributed by atoms with Crippen molar-refractivity contribution in [3.63, 3.8) is 0 Å². The van der Waals surface area contributed by atoms with Crippen LogP contribution < -0.4 is 0 Å². The summed E-state index contributed by atoms with van der Waals surface area (Å²) in [6.07, 6.45) is 3.68. The Bertz CT molecular complexity index is 59.6. The first-order valence-electron chi connectivity index (χ1n) is 3.39. The smallest absolute Gasteiger partial charge is 0.355 e. The maximum absolute atomic E-state index is 5.34. The summed E-state index contributed by atoms with van der Waals surface area (Å²) in [5, 5.41) is 0. The molecule has 0 amide bonds. The van der Waals surface area contributed by atoms with Crippen LogP contribution in [-0.4, -0.2) is 13.4 Å². The van der Waals surface area contributed by atoms with Crippen molar-refractivity contribution in [2.45, 2.75) is 26.2 Å². The highest BCUT2D eigenvalue weighted by atomic mass is 35.7. The zero-order chi connectivity index (χ0) is 7.66. The van der Waals surface area contributed by atoms with E-state index in [0.717, 1.165) is 6.61 Å². The normalized spacial score (nSPS) is 9.80. The maximum atomic E-state index is 5.34. The lowest BCUT2D eigenvalue weighted by atomic mass is 10.3. The van der Waals surface area contributed by atoms with Gasteiger partial charge in [0.25, 0.3) is 0 Å². The van der Waals surface area contributed by atoms with Gasteiger partial charge >= 0.3 is 6.76 Å². The lowest BCUT2D eigenvalue weighted by Gasteiger charge is -1.98. The maximum Gasteiger partial charge on any atom is 0.355 e. The molecule has 0 rings (SSSR count). The molecule has 5 heteroatoms. The van der Waals surface area contributed by atoms with Crippen molar-refractivity contribution in [2.24, 2.45) is 0 Å². The van der Waals surface area contributed by atoms with E-state index >= 15 is 0 Å². The quantitative estimate of drug-likeness (QED) is 0.354. The Balaban J connectivity index is 2.65. The van der Waals surface area contributed by atoms with Crippen LogP contribution in [0.15, 0.2) is 0 Å². The summed E-state index contributed by atoms with van der Waals surface area (Å²) in [7, 11) is 8.10. The molecule has 0 aromatic rings. The molecule has 0 aliphatic heterocycles. The number of halogens is 1. The Labute approximate surface area is 75.7 Å². The molecule has 0 saturated carbocycles. The molecule has 0 fully saturated rings. The number of unbranched alkanes of at least 4 members (excludes halogenated alkanes) is 2. The predicted octanol–water partition coefficient (Wildman–Crippen LogP) is 2.99. The van der Waals surface area contributed by atoms with Gasteiger partial charge in [0.2, 0.25) is 0 Å². The third kappa shape index (κ3) is 9.01. The Morgan fingerprint density at radius 2 is 2.30 bits per heavy atom. The summed E-state index contributed by atoms with van der Waals surface area (Å²) in [5.41, 5.74) is 0. The van der Waals surface area contributed by atoms with Crippen LogP contribution in [0.2, 0.25) is 0 Å². The van der Waals surface area contributed by atoms with Gasteiger partial charge in [-0.2, -0.15) is 0 Å². The number of hydrogen-bond donors (Lipinski definition) is 0. The summed E-state index contributed by atoms with van der Waals surface area (Å²) in [5.74, 6) is 0. The molecule has 0 unspecified atom stereocenters. The Kier molecular flexibility index (Phi) is 11.0. The largest absolute Gasteiger partial charge is 0.428 e. The van der Waals surface area contributed by atoms with Gasteiger partial charge in [-0.1, -0.05) is 30.4 Å². The highest BCUT2D eigenvalue weighted by Gasteiger charge is 1.91. The van der Waals surface area contributed by atoms with Crippen molar-refractivity contribution in [2.75, 3.05) is 6.61 Å². The Hall–Kier alpha value is 1.01. The third-order valence-electron chi connectivity index (χ3n) is 1.07. The standard InChI is InChI=1S/C5H12BClOS2/c1-2-3-4-5-8-6-9-10-7/h6H,2-5H2,1H3. The van der Waals surface area contributed by atoms with Crippen LogP contribution >= 0.6 is 31.3 Å². The second kappa shape index (κ2) is 10.0. The summed E-state index contributed by atoms with van der Waals surface area (Å²) < 4.78 is 5.23. The molecule has 0 spiro atoms. The van der Waals surface area contributed by atoms with Gasteiger partial charge < -0.3 is 4.65 Å². The molecule has 0 radical (unpaired) electrons. The molecule has 0 aliphatic rings. The fraction of sp³-hybridized carbons (Fsp3) is 1.00. The SMILES string of the molecule is CCCCCOBSSCl. The van der Waals surface area contributed by atoms with Crippen LogP contribution in [0.3, 0.4) is 0 Å². The summed E-state index contributed by atoms with van der Waals surface area (Å²) in [6, 6.07) is 0. The minimum absolute atomic E-state index is 0.706. The van der Waals surface area contributed by atoms with E-state index in [-0.39, 0.29) is 0 Å². The second-order valence-corrected chi connectivity index (χ2v) is 4.73. The van der Waals surface area contributed by atoms with Crippen molar-refractivity contribution in [3.05, 3.63) is 0 Å². The van der Waals surface area contributed by atoms with E-state index in [0.29, 0.717) is 6.76 Å². The van der Waals surface area contributed by atoms with Gasteiger partial charge in [0.1, 0.15) is 0 Å². The van der Waals surface area contributed by atoms with Gasteiger partial charge in [-0.05, 0) is 17.1 Å². The molecule has 0 N–H and O–H groups in total. The molecular formula is C5H12BClOS2. The minimum Gasteiger partial charge on any atom is -0.428 e. The first-order chi connectivity index (χ1) is 4.91. The van der Waals surface area contributed by atoms with Gasteiger partial charge in [0, 0.05) is 16.6 Å². The van der Waals surface area contributed by atoms with E-state index in [1.807, 2.05) is 0 Å². The first-order valence-corrected chi connectivity index (χ1v) is 6.54. The molecule has 0 aliphatic carbocycles. The fourth-order valence-corrected chi connectivity index (χ4v) is 1.43. The molecule has 0 saturated heterocycles. The topological polar surface area (TPSA) is 9.23 Å². The van der Waals surface area contributed by atoms with Crippen LogP contribution in [0.5, 0.6) is 0 Å². The summed E-state index contributed by atoms with van der Waals surface area (Å²) >= 11 is 0. The lowest BCUT2D eigenvalue weighted by Crippen LogP contribution is -1.95. The van der Waals surface area contributed by atoms with Gasteiger partial charge in [0.15, 0.2) is 0 Å². The molecule has 0 bridgehead atoms. The number of hydrogen-bond acceptors (Lipinski definition) is 3. The third-order valence-corrected chi connectivity index (χ3v) is 2.78. The van der Waals surface area contributed by atoms with Crippen LogP contribution in [0, 0.1) is 0 Å². The van der Waals surface area contributed by atoms with Gasteiger partial charge in [-0.15, -0.1) is 0 Å². The fourth-order valence-electron chi connectivity index (χ4n) is 0.565. The van der Waals surface area contributed by atoms with Crippen molar-refractivity contribution in [3.8, 4) is 0 Å². The molecular weight excluding hydrogens is 186 g/mol. The highest BCUT2D eigenvalue weighted by molar-refractivity contribution is 8.92.